The Kier molecular flexibility index (Phi) is 5.41. The Morgan fingerprint density at radius 1 is 0.963 bits per heavy atom. The third kappa shape index (κ3) is 4.08. The first-order valence-electron chi connectivity index (χ1n) is 7.35. The minimum Gasteiger partial charge on any atom is -0.478 e. The maximum atomic E-state index is 13.3. The predicted molar refractivity (Wildman–Crippen MR) is 100 cm³/mol. The van der Waals surface area contributed by atoms with Crippen LogP contribution < -0.4 is 5.32 Å². The molecule has 2 aromatic carbocycles. The Labute approximate surface area is 167 Å². The summed E-state index contributed by atoms with van der Waals surface area (Å²) in [5, 5.41) is 11.5. The summed E-state index contributed by atoms with van der Waals surface area (Å²) in [6, 6.07) is 9.30. The second kappa shape index (κ2) is 7.60. The van der Waals surface area contributed by atoms with Gasteiger partial charge >= 0.3 is 5.97 Å². The van der Waals surface area contributed by atoms with Gasteiger partial charge in [0.15, 0.2) is 5.76 Å². The summed E-state index contributed by atoms with van der Waals surface area (Å²) in [4.78, 5) is 23.5. The van der Waals surface area contributed by atoms with E-state index in [1.807, 2.05) is 0 Å². The molecule has 0 fully saturated rings. The summed E-state index contributed by atoms with van der Waals surface area (Å²) in [7, 11) is 0. The van der Waals surface area contributed by atoms with Crippen LogP contribution in [0, 0.1) is 5.82 Å². The molecule has 5 nitrogen and oxygen atoms in total. The molecule has 1 heterocycles. The smallest absolute Gasteiger partial charge is 0.337 e. The number of carbonyl (C=O) groups excluding carboxylic acids is 1. The number of carboxylic acids is 1. The van der Waals surface area contributed by atoms with Crippen LogP contribution in [0.2, 0.25) is 15.1 Å². The quantitative estimate of drug-likeness (QED) is 0.534. The van der Waals surface area contributed by atoms with Gasteiger partial charge in [0.2, 0.25) is 0 Å². The minimum atomic E-state index is -1.26. The van der Waals surface area contributed by atoms with Crippen LogP contribution in [0.4, 0.5) is 10.1 Å². The highest BCUT2D eigenvalue weighted by atomic mass is 35.5. The molecule has 0 spiro atoms. The number of hydrogen-bond donors (Lipinski definition) is 2. The van der Waals surface area contributed by atoms with Gasteiger partial charge in [-0.3, -0.25) is 4.79 Å². The van der Waals surface area contributed by atoms with E-state index in [1.165, 1.54) is 36.4 Å². The molecule has 3 aromatic rings. The maximum Gasteiger partial charge on any atom is 0.337 e. The van der Waals surface area contributed by atoms with Crippen molar-refractivity contribution in [3.05, 3.63) is 74.7 Å². The third-order valence-corrected chi connectivity index (χ3v) is 4.48. The molecule has 0 radical (unpaired) electrons. The van der Waals surface area contributed by atoms with E-state index in [2.05, 4.69) is 5.32 Å². The molecule has 0 unspecified atom stereocenters. The molecular weight excluding hydrogens is 420 g/mol. The van der Waals surface area contributed by atoms with Gasteiger partial charge in [0.25, 0.3) is 5.91 Å². The fourth-order valence-corrected chi connectivity index (χ4v) is 2.95. The summed E-state index contributed by atoms with van der Waals surface area (Å²) in [5.41, 5.74) is 0.335. The van der Waals surface area contributed by atoms with E-state index in [1.54, 1.807) is 0 Å². The monoisotopic (exact) mass is 427 g/mol. The summed E-state index contributed by atoms with van der Waals surface area (Å²) in [6.07, 6.45) is 0. The zero-order valence-electron chi connectivity index (χ0n) is 13.2. The first-order valence-corrected chi connectivity index (χ1v) is 8.48. The van der Waals surface area contributed by atoms with Crippen LogP contribution in [-0.2, 0) is 0 Å². The Balaban J connectivity index is 1.86. The number of nitrogens with one attached hydrogen (secondary N) is 1. The van der Waals surface area contributed by atoms with E-state index >= 15 is 0 Å². The molecule has 2 N–H and O–H groups in total. The molecule has 1 amide bonds. The SMILES string of the molecule is O=C(Nc1cc(C(=O)O)c(Cl)cc1Cl)c1ccc(-c2ccc(F)c(Cl)c2)o1. The van der Waals surface area contributed by atoms with Gasteiger partial charge in [0.1, 0.15) is 11.6 Å². The number of amides is 1. The van der Waals surface area contributed by atoms with Crippen molar-refractivity contribution in [3.8, 4) is 11.3 Å². The molecule has 0 bridgehead atoms. The largest absolute Gasteiger partial charge is 0.478 e. The molecule has 0 aliphatic carbocycles. The molecule has 0 saturated heterocycles. The average Bonchev–Trinajstić information content (AvgIpc) is 3.09. The highest BCUT2D eigenvalue weighted by molar-refractivity contribution is 6.38. The lowest BCUT2D eigenvalue weighted by molar-refractivity contribution is 0.0696. The molecule has 0 aliphatic rings. The fraction of sp³-hybridized carbons (Fsp3) is 0. The van der Waals surface area contributed by atoms with Crippen molar-refractivity contribution in [2.45, 2.75) is 0 Å². The van der Waals surface area contributed by atoms with Crippen molar-refractivity contribution in [3.63, 3.8) is 0 Å². The van der Waals surface area contributed by atoms with Crippen LogP contribution in [-0.4, -0.2) is 17.0 Å². The molecular formula is C18H9Cl3FNO4. The molecule has 0 aliphatic heterocycles. The van der Waals surface area contributed by atoms with Gasteiger partial charge in [0.05, 0.1) is 26.3 Å². The number of furan rings is 1. The Morgan fingerprint density at radius 2 is 1.70 bits per heavy atom. The first-order chi connectivity index (χ1) is 12.8. The minimum absolute atomic E-state index is 0.0565. The first kappa shape index (κ1) is 19.2. The van der Waals surface area contributed by atoms with Gasteiger partial charge < -0.3 is 14.8 Å². The number of anilines is 1. The summed E-state index contributed by atoms with van der Waals surface area (Å²) in [6.45, 7) is 0. The molecule has 9 heteroatoms. The van der Waals surface area contributed by atoms with Crippen LogP contribution in [0.1, 0.15) is 20.9 Å². The number of carbonyl (C=O) groups is 2. The number of carboxylic acid groups (broad SMARTS) is 1. The van der Waals surface area contributed by atoms with Crippen molar-refractivity contribution >= 4 is 52.4 Å². The van der Waals surface area contributed by atoms with E-state index in [9.17, 15) is 14.0 Å². The highest BCUT2D eigenvalue weighted by Crippen LogP contribution is 2.31. The van der Waals surface area contributed by atoms with Crippen LogP contribution in [0.15, 0.2) is 46.9 Å². The number of benzene rings is 2. The van der Waals surface area contributed by atoms with E-state index < -0.39 is 17.7 Å². The topological polar surface area (TPSA) is 79.5 Å². The van der Waals surface area contributed by atoms with E-state index in [-0.39, 0.29) is 32.1 Å². The van der Waals surface area contributed by atoms with Crippen LogP contribution in [0.25, 0.3) is 11.3 Å². The van der Waals surface area contributed by atoms with Crippen molar-refractivity contribution in [1.82, 2.24) is 0 Å². The molecule has 1 aromatic heterocycles. The van der Waals surface area contributed by atoms with Crippen LogP contribution in [0.3, 0.4) is 0 Å². The van der Waals surface area contributed by atoms with Gasteiger partial charge in [-0.1, -0.05) is 34.8 Å². The Bertz CT molecular complexity index is 1060. The standard InChI is InChI=1S/C18H9Cl3FNO4/c19-10-7-12(21)14(6-9(10)18(25)26)23-17(24)16-4-3-15(27-16)8-1-2-13(22)11(20)5-8/h1-7H,(H,23,24)(H,25,26). The second-order valence-electron chi connectivity index (χ2n) is 5.36. The summed E-state index contributed by atoms with van der Waals surface area (Å²) >= 11 is 17.6. The predicted octanol–water partition coefficient (Wildman–Crippen LogP) is 6.00. The molecule has 0 atom stereocenters. The highest BCUT2D eigenvalue weighted by Gasteiger charge is 2.18. The lowest BCUT2D eigenvalue weighted by Gasteiger charge is -2.08. The fourth-order valence-electron chi connectivity index (χ4n) is 2.26. The summed E-state index contributed by atoms with van der Waals surface area (Å²) in [5.74, 6) is -2.25. The van der Waals surface area contributed by atoms with Gasteiger partial charge in [-0.05, 0) is 42.5 Å². The third-order valence-electron chi connectivity index (χ3n) is 3.57. The molecule has 0 saturated carbocycles. The van der Waals surface area contributed by atoms with Crippen molar-refractivity contribution < 1.29 is 23.5 Å². The zero-order chi connectivity index (χ0) is 19.7. The van der Waals surface area contributed by atoms with Gasteiger partial charge in [-0.25, -0.2) is 9.18 Å². The average molecular weight is 429 g/mol. The van der Waals surface area contributed by atoms with E-state index in [0.717, 1.165) is 6.07 Å². The molecule has 27 heavy (non-hydrogen) atoms. The van der Waals surface area contributed by atoms with Gasteiger partial charge in [-0.2, -0.15) is 0 Å². The molecule has 138 valence electrons. The maximum absolute atomic E-state index is 13.3. The normalized spacial score (nSPS) is 10.7. The van der Waals surface area contributed by atoms with Crippen molar-refractivity contribution in [1.29, 1.82) is 0 Å². The Morgan fingerprint density at radius 3 is 2.37 bits per heavy atom. The summed E-state index contributed by atoms with van der Waals surface area (Å²) < 4.78 is 18.7. The van der Waals surface area contributed by atoms with E-state index in [4.69, 9.17) is 44.3 Å². The lowest BCUT2D eigenvalue weighted by Crippen LogP contribution is -2.12. The number of halogens is 4. The van der Waals surface area contributed by atoms with Gasteiger partial charge in [-0.15, -0.1) is 0 Å². The van der Waals surface area contributed by atoms with Gasteiger partial charge in [0, 0.05) is 5.56 Å². The number of aromatic carboxylic acids is 1. The lowest BCUT2D eigenvalue weighted by atomic mass is 10.2. The zero-order valence-corrected chi connectivity index (χ0v) is 15.5. The van der Waals surface area contributed by atoms with Crippen molar-refractivity contribution in [2.24, 2.45) is 0 Å². The van der Waals surface area contributed by atoms with Crippen LogP contribution >= 0.6 is 34.8 Å². The van der Waals surface area contributed by atoms with Crippen molar-refractivity contribution in [2.75, 3.05) is 5.32 Å². The number of hydrogen-bond acceptors (Lipinski definition) is 3. The van der Waals surface area contributed by atoms with Crippen LogP contribution in [0.5, 0.6) is 0 Å². The Hall–Kier alpha value is -2.54. The number of rotatable bonds is 4. The second-order valence-corrected chi connectivity index (χ2v) is 6.59. The molecule has 3 rings (SSSR count). The van der Waals surface area contributed by atoms with E-state index in [0.29, 0.717) is 11.3 Å².